The van der Waals surface area contributed by atoms with Crippen LogP contribution >= 0.6 is 12.4 Å². The minimum Gasteiger partial charge on any atom is -0.480 e. The second-order valence-corrected chi connectivity index (χ2v) is 6.70. The molecule has 1 N–H and O–H groups in total. The molecule has 3 rings (SSSR count). The Hall–Kier alpha value is -1.96. The summed E-state index contributed by atoms with van der Waals surface area (Å²) < 4.78 is 5.40. The highest BCUT2D eigenvalue weighted by atomic mass is 35.5. The van der Waals surface area contributed by atoms with Crippen LogP contribution in [0.3, 0.4) is 0 Å². The van der Waals surface area contributed by atoms with E-state index in [0.29, 0.717) is 24.3 Å². The van der Waals surface area contributed by atoms with E-state index in [2.05, 4.69) is 15.0 Å². The predicted octanol–water partition coefficient (Wildman–Crippen LogP) is 2.45. The standard InChI is InChI=1S/C18H24N4O3.ClH/c1-13-4-3-5-14(10-13)18-19-16(25-20-18)11-22-8-6-15(7-9-22)21(2)12-17(23)24;/h3-5,10,15H,6-9,11-12H2,1-2H3,(H,23,24);1H. The van der Waals surface area contributed by atoms with Gasteiger partial charge in [0.25, 0.3) is 0 Å². The molecule has 1 fully saturated rings. The molecule has 0 saturated carbocycles. The summed E-state index contributed by atoms with van der Waals surface area (Å²) in [7, 11) is 1.88. The lowest BCUT2D eigenvalue weighted by atomic mass is 10.0. The number of aromatic nitrogens is 2. The lowest BCUT2D eigenvalue weighted by Gasteiger charge is -2.35. The minimum absolute atomic E-state index is 0. The number of benzene rings is 1. The Morgan fingerprint density at radius 1 is 1.38 bits per heavy atom. The van der Waals surface area contributed by atoms with Crippen molar-refractivity contribution in [2.24, 2.45) is 0 Å². The molecule has 0 radical (unpaired) electrons. The predicted molar refractivity (Wildman–Crippen MR) is 100 cm³/mol. The zero-order valence-corrected chi connectivity index (χ0v) is 15.9. The smallest absolute Gasteiger partial charge is 0.317 e. The number of aryl methyl sites for hydroxylation is 1. The van der Waals surface area contributed by atoms with E-state index in [0.717, 1.165) is 37.1 Å². The van der Waals surface area contributed by atoms with E-state index in [-0.39, 0.29) is 19.0 Å². The van der Waals surface area contributed by atoms with Gasteiger partial charge in [0.1, 0.15) is 0 Å². The maximum Gasteiger partial charge on any atom is 0.317 e. The summed E-state index contributed by atoms with van der Waals surface area (Å²) >= 11 is 0. The van der Waals surface area contributed by atoms with Gasteiger partial charge in [-0.15, -0.1) is 12.4 Å². The van der Waals surface area contributed by atoms with Crippen molar-refractivity contribution in [2.45, 2.75) is 32.4 Å². The molecule has 2 aromatic rings. The van der Waals surface area contributed by atoms with E-state index in [1.165, 1.54) is 0 Å². The Morgan fingerprint density at radius 3 is 2.77 bits per heavy atom. The van der Waals surface area contributed by atoms with Crippen molar-refractivity contribution in [2.75, 3.05) is 26.7 Å². The van der Waals surface area contributed by atoms with Gasteiger partial charge in [-0.2, -0.15) is 4.98 Å². The summed E-state index contributed by atoms with van der Waals surface area (Å²) in [5, 5.41) is 13.0. The fourth-order valence-electron chi connectivity index (χ4n) is 3.27. The Morgan fingerprint density at radius 2 is 2.12 bits per heavy atom. The third-order valence-electron chi connectivity index (χ3n) is 4.67. The molecule has 0 aliphatic carbocycles. The first kappa shape index (κ1) is 20.4. The van der Waals surface area contributed by atoms with Gasteiger partial charge in [0.15, 0.2) is 0 Å². The van der Waals surface area contributed by atoms with E-state index in [4.69, 9.17) is 9.63 Å². The van der Waals surface area contributed by atoms with E-state index < -0.39 is 5.97 Å². The van der Waals surface area contributed by atoms with Crippen molar-refractivity contribution in [1.29, 1.82) is 0 Å². The van der Waals surface area contributed by atoms with Gasteiger partial charge in [0.2, 0.25) is 11.7 Å². The zero-order valence-electron chi connectivity index (χ0n) is 15.1. The Labute approximate surface area is 159 Å². The molecule has 26 heavy (non-hydrogen) atoms. The molecule has 142 valence electrons. The Kier molecular flexibility index (Phi) is 7.14. The summed E-state index contributed by atoms with van der Waals surface area (Å²) in [5.74, 6) is 0.461. The molecular formula is C18H25ClN4O3. The van der Waals surface area contributed by atoms with Gasteiger partial charge in [-0.1, -0.05) is 28.9 Å². The number of likely N-dealkylation sites (tertiary alicyclic amines) is 1. The van der Waals surface area contributed by atoms with Gasteiger partial charge in [0.05, 0.1) is 13.1 Å². The summed E-state index contributed by atoms with van der Waals surface area (Å²) in [6.45, 7) is 4.56. The normalized spacial score (nSPS) is 15.8. The molecule has 1 aromatic heterocycles. The van der Waals surface area contributed by atoms with Gasteiger partial charge in [-0.05, 0) is 32.9 Å². The third kappa shape index (κ3) is 5.27. The molecule has 8 heteroatoms. The van der Waals surface area contributed by atoms with Gasteiger partial charge in [0, 0.05) is 24.7 Å². The van der Waals surface area contributed by atoms with Crippen molar-refractivity contribution >= 4 is 18.4 Å². The monoisotopic (exact) mass is 380 g/mol. The lowest BCUT2D eigenvalue weighted by Crippen LogP contribution is -2.44. The second-order valence-electron chi connectivity index (χ2n) is 6.70. The van der Waals surface area contributed by atoms with E-state index in [9.17, 15) is 4.79 Å². The zero-order chi connectivity index (χ0) is 17.8. The number of piperidine rings is 1. The molecule has 0 unspecified atom stereocenters. The average molecular weight is 381 g/mol. The van der Waals surface area contributed by atoms with Crippen LogP contribution in [-0.2, 0) is 11.3 Å². The number of rotatable bonds is 6. The highest BCUT2D eigenvalue weighted by Crippen LogP contribution is 2.20. The van der Waals surface area contributed by atoms with Crippen LogP contribution in [0.2, 0.25) is 0 Å². The first-order chi connectivity index (χ1) is 12.0. The lowest BCUT2D eigenvalue weighted by molar-refractivity contribution is -0.138. The Balaban J connectivity index is 0.00000243. The first-order valence-corrected chi connectivity index (χ1v) is 8.55. The van der Waals surface area contributed by atoms with E-state index in [1.54, 1.807) is 0 Å². The van der Waals surface area contributed by atoms with Crippen molar-refractivity contribution in [3.63, 3.8) is 0 Å². The van der Waals surface area contributed by atoms with Crippen LogP contribution in [0.5, 0.6) is 0 Å². The molecule has 0 amide bonds. The summed E-state index contributed by atoms with van der Waals surface area (Å²) in [5.41, 5.74) is 2.13. The number of hydrogen-bond acceptors (Lipinski definition) is 6. The minimum atomic E-state index is -0.778. The first-order valence-electron chi connectivity index (χ1n) is 8.55. The van der Waals surface area contributed by atoms with Crippen LogP contribution in [0.4, 0.5) is 0 Å². The highest BCUT2D eigenvalue weighted by molar-refractivity contribution is 5.85. The molecule has 1 saturated heterocycles. The van der Waals surface area contributed by atoms with Gasteiger partial charge in [-0.25, -0.2) is 0 Å². The Bertz CT molecular complexity index is 729. The fourth-order valence-corrected chi connectivity index (χ4v) is 3.27. The molecule has 0 spiro atoms. The van der Waals surface area contributed by atoms with Gasteiger partial charge in [-0.3, -0.25) is 14.6 Å². The SMILES string of the molecule is Cc1cccc(-c2noc(CN3CCC(N(C)CC(=O)O)CC3)n2)c1.Cl. The number of likely N-dealkylation sites (N-methyl/N-ethyl adjacent to an activating group) is 1. The maximum atomic E-state index is 10.8. The van der Waals surface area contributed by atoms with Crippen molar-refractivity contribution < 1.29 is 14.4 Å². The number of nitrogens with zero attached hydrogens (tertiary/aromatic N) is 4. The molecule has 0 atom stereocenters. The molecule has 1 aliphatic heterocycles. The van der Waals surface area contributed by atoms with Crippen molar-refractivity contribution in [3.05, 3.63) is 35.7 Å². The maximum absolute atomic E-state index is 10.8. The van der Waals surface area contributed by atoms with Crippen LogP contribution in [-0.4, -0.2) is 63.7 Å². The topological polar surface area (TPSA) is 82.7 Å². The van der Waals surface area contributed by atoms with Crippen LogP contribution < -0.4 is 0 Å². The van der Waals surface area contributed by atoms with Crippen LogP contribution in [0.1, 0.15) is 24.3 Å². The number of hydrogen-bond donors (Lipinski definition) is 1. The van der Waals surface area contributed by atoms with E-state index in [1.807, 2.05) is 43.1 Å². The molecule has 1 aliphatic rings. The van der Waals surface area contributed by atoms with Crippen LogP contribution in [0, 0.1) is 6.92 Å². The van der Waals surface area contributed by atoms with Gasteiger partial charge < -0.3 is 9.63 Å². The summed E-state index contributed by atoms with van der Waals surface area (Å²) in [6.07, 6.45) is 1.89. The quantitative estimate of drug-likeness (QED) is 0.824. The molecule has 1 aromatic carbocycles. The number of aliphatic carboxylic acids is 1. The van der Waals surface area contributed by atoms with Crippen LogP contribution in [0.15, 0.2) is 28.8 Å². The number of carboxylic acids is 1. The molecule has 7 nitrogen and oxygen atoms in total. The fraction of sp³-hybridized carbons (Fsp3) is 0.500. The molecule has 2 heterocycles. The largest absolute Gasteiger partial charge is 0.480 e. The van der Waals surface area contributed by atoms with E-state index >= 15 is 0 Å². The third-order valence-corrected chi connectivity index (χ3v) is 4.67. The average Bonchev–Trinajstić information content (AvgIpc) is 3.03. The molecular weight excluding hydrogens is 356 g/mol. The summed E-state index contributed by atoms with van der Waals surface area (Å²) in [6, 6.07) is 8.36. The van der Waals surface area contributed by atoms with Crippen molar-refractivity contribution in [3.8, 4) is 11.4 Å². The highest BCUT2D eigenvalue weighted by Gasteiger charge is 2.24. The summed E-state index contributed by atoms with van der Waals surface area (Å²) in [4.78, 5) is 19.5. The number of carbonyl (C=O) groups is 1. The van der Waals surface area contributed by atoms with Crippen LogP contribution in [0.25, 0.3) is 11.4 Å². The number of carboxylic acid groups (broad SMARTS) is 1. The second kappa shape index (κ2) is 9.12. The number of halogens is 1. The molecule has 0 bridgehead atoms. The van der Waals surface area contributed by atoms with Crippen molar-refractivity contribution in [1.82, 2.24) is 19.9 Å². The van der Waals surface area contributed by atoms with Gasteiger partial charge >= 0.3 is 5.97 Å².